The van der Waals surface area contributed by atoms with Crippen LogP contribution in [0, 0.1) is 0 Å². The van der Waals surface area contributed by atoms with E-state index >= 15 is 0 Å². The summed E-state index contributed by atoms with van der Waals surface area (Å²) in [4.78, 5) is 11.2. The van der Waals surface area contributed by atoms with Crippen LogP contribution in [0.3, 0.4) is 0 Å². The minimum Gasteiger partial charge on any atom is -0.478 e. The van der Waals surface area contributed by atoms with Gasteiger partial charge in [-0.05, 0) is 28.2 Å². The molecule has 0 unspecified atom stereocenters. The molecule has 108 valence electrons. The molecule has 0 aliphatic heterocycles. The Morgan fingerprint density at radius 2 is 1.71 bits per heavy atom. The third-order valence-corrected chi connectivity index (χ3v) is 3.40. The molecule has 2 aromatic carbocycles. The number of carbonyl (C=O) groups is 1. The van der Waals surface area contributed by atoms with Gasteiger partial charge in [0, 0.05) is 0 Å². The molecule has 21 heavy (non-hydrogen) atoms. The van der Waals surface area contributed by atoms with Gasteiger partial charge in [0.15, 0.2) is 0 Å². The SMILES string of the molecule is CC(C)(C)c1cccc(/C=C/c2ccccc2C(=O)O)c1. The van der Waals surface area contributed by atoms with Crippen LogP contribution in [0.25, 0.3) is 12.2 Å². The van der Waals surface area contributed by atoms with Crippen molar-refractivity contribution in [1.82, 2.24) is 0 Å². The minimum absolute atomic E-state index is 0.100. The van der Waals surface area contributed by atoms with E-state index in [-0.39, 0.29) is 5.41 Å². The van der Waals surface area contributed by atoms with Crippen molar-refractivity contribution in [1.29, 1.82) is 0 Å². The molecule has 2 aromatic rings. The summed E-state index contributed by atoms with van der Waals surface area (Å²) in [5.41, 5.74) is 3.47. The highest BCUT2D eigenvalue weighted by atomic mass is 16.4. The van der Waals surface area contributed by atoms with Crippen molar-refractivity contribution in [2.75, 3.05) is 0 Å². The van der Waals surface area contributed by atoms with Crippen LogP contribution >= 0.6 is 0 Å². The van der Waals surface area contributed by atoms with E-state index in [0.29, 0.717) is 11.1 Å². The molecule has 0 amide bonds. The van der Waals surface area contributed by atoms with Gasteiger partial charge in [-0.25, -0.2) is 4.79 Å². The molecule has 0 bridgehead atoms. The fourth-order valence-corrected chi connectivity index (χ4v) is 2.13. The fraction of sp³-hybridized carbons (Fsp3) is 0.211. The topological polar surface area (TPSA) is 37.3 Å². The summed E-state index contributed by atoms with van der Waals surface area (Å²) in [6, 6.07) is 15.3. The fourth-order valence-electron chi connectivity index (χ4n) is 2.13. The first kappa shape index (κ1) is 15.0. The van der Waals surface area contributed by atoms with Crippen LogP contribution in [-0.4, -0.2) is 11.1 Å². The first-order valence-corrected chi connectivity index (χ1v) is 6.99. The standard InChI is InChI=1S/C19H20O2/c1-19(2,3)16-9-6-7-14(13-16)11-12-15-8-4-5-10-17(15)18(20)21/h4-13H,1-3H3,(H,20,21)/b12-11+. The number of hydrogen-bond donors (Lipinski definition) is 1. The maximum atomic E-state index is 11.2. The van der Waals surface area contributed by atoms with Gasteiger partial charge >= 0.3 is 5.97 Å². The molecule has 0 atom stereocenters. The van der Waals surface area contributed by atoms with Crippen LogP contribution in [0.15, 0.2) is 48.5 Å². The van der Waals surface area contributed by atoms with Crippen LogP contribution in [0.2, 0.25) is 0 Å². The number of hydrogen-bond acceptors (Lipinski definition) is 1. The van der Waals surface area contributed by atoms with Gasteiger partial charge in [0.1, 0.15) is 0 Å². The van der Waals surface area contributed by atoms with E-state index in [1.165, 1.54) is 5.56 Å². The molecule has 0 aliphatic carbocycles. The third kappa shape index (κ3) is 3.82. The Balaban J connectivity index is 2.33. The van der Waals surface area contributed by atoms with Gasteiger partial charge in [0.05, 0.1) is 5.56 Å². The highest BCUT2D eigenvalue weighted by Gasteiger charge is 2.13. The zero-order valence-corrected chi connectivity index (χ0v) is 12.6. The first-order chi connectivity index (χ1) is 9.88. The molecule has 0 radical (unpaired) electrons. The highest BCUT2D eigenvalue weighted by molar-refractivity contribution is 5.93. The van der Waals surface area contributed by atoms with E-state index in [2.05, 4.69) is 32.9 Å². The Hall–Kier alpha value is -2.35. The van der Waals surface area contributed by atoms with Gasteiger partial charge in [0.2, 0.25) is 0 Å². The number of benzene rings is 2. The Labute approximate surface area is 125 Å². The second kappa shape index (κ2) is 5.96. The monoisotopic (exact) mass is 280 g/mol. The average molecular weight is 280 g/mol. The molecule has 2 heteroatoms. The zero-order chi connectivity index (χ0) is 15.5. The van der Waals surface area contributed by atoms with Crippen molar-refractivity contribution in [2.24, 2.45) is 0 Å². The average Bonchev–Trinajstić information content (AvgIpc) is 2.45. The quantitative estimate of drug-likeness (QED) is 0.816. The lowest BCUT2D eigenvalue weighted by molar-refractivity contribution is 0.0696. The Bertz CT molecular complexity index is 676. The van der Waals surface area contributed by atoms with Gasteiger partial charge in [-0.3, -0.25) is 0 Å². The number of aromatic carboxylic acids is 1. The van der Waals surface area contributed by atoms with Crippen LogP contribution < -0.4 is 0 Å². The molecular weight excluding hydrogens is 260 g/mol. The summed E-state index contributed by atoms with van der Waals surface area (Å²) < 4.78 is 0. The molecule has 0 saturated carbocycles. The maximum Gasteiger partial charge on any atom is 0.336 e. The smallest absolute Gasteiger partial charge is 0.336 e. The predicted octanol–water partition coefficient (Wildman–Crippen LogP) is 4.85. The molecule has 1 N–H and O–H groups in total. The van der Waals surface area contributed by atoms with Crippen molar-refractivity contribution in [2.45, 2.75) is 26.2 Å². The molecule has 0 aromatic heterocycles. The van der Waals surface area contributed by atoms with Crippen molar-refractivity contribution in [3.63, 3.8) is 0 Å². The molecule has 0 heterocycles. The molecule has 0 aliphatic rings. The van der Waals surface area contributed by atoms with Gasteiger partial charge in [-0.1, -0.05) is 75.4 Å². The summed E-state index contributed by atoms with van der Waals surface area (Å²) >= 11 is 0. The first-order valence-electron chi connectivity index (χ1n) is 6.99. The number of rotatable bonds is 3. The Kier molecular flexibility index (Phi) is 4.27. The molecule has 2 rings (SSSR count). The number of carboxylic acid groups (broad SMARTS) is 1. The van der Waals surface area contributed by atoms with Gasteiger partial charge in [-0.2, -0.15) is 0 Å². The summed E-state index contributed by atoms with van der Waals surface area (Å²) in [5.74, 6) is -0.904. The maximum absolute atomic E-state index is 11.2. The second-order valence-electron chi connectivity index (χ2n) is 6.10. The Morgan fingerprint density at radius 1 is 1.00 bits per heavy atom. The third-order valence-electron chi connectivity index (χ3n) is 3.40. The second-order valence-corrected chi connectivity index (χ2v) is 6.10. The van der Waals surface area contributed by atoms with Gasteiger partial charge in [0.25, 0.3) is 0 Å². The largest absolute Gasteiger partial charge is 0.478 e. The van der Waals surface area contributed by atoms with Crippen LogP contribution in [-0.2, 0) is 5.41 Å². The van der Waals surface area contributed by atoms with E-state index in [1.54, 1.807) is 12.1 Å². The lowest BCUT2D eigenvalue weighted by Gasteiger charge is -2.19. The summed E-state index contributed by atoms with van der Waals surface area (Å²) in [6.45, 7) is 6.53. The molecule has 2 nitrogen and oxygen atoms in total. The number of carboxylic acids is 1. The van der Waals surface area contributed by atoms with E-state index in [4.69, 9.17) is 0 Å². The summed E-state index contributed by atoms with van der Waals surface area (Å²) in [5, 5.41) is 9.18. The predicted molar refractivity (Wildman–Crippen MR) is 87.5 cm³/mol. The molecular formula is C19H20O2. The summed E-state index contributed by atoms with van der Waals surface area (Å²) in [7, 11) is 0. The van der Waals surface area contributed by atoms with Crippen molar-refractivity contribution in [3.05, 3.63) is 70.8 Å². The molecule has 0 spiro atoms. The van der Waals surface area contributed by atoms with Gasteiger partial charge < -0.3 is 5.11 Å². The summed E-state index contributed by atoms with van der Waals surface area (Å²) in [6.07, 6.45) is 3.81. The highest BCUT2D eigenvalue weighted by Crippen LogP contribution is 2.23. The van der Waals surface area contributed by atoms with Crippen molar-refractivity contribution in [3.8, 4) is 0 Å². The minimum atomic E-state index is -0.904. The normalized spacial score (nSPS) is 11.8. The molecule has 0 saturated heterocycles. The van der Waals surface area contributed by atoms with E-state index < -0.39 is 5.97 Å². The Morgan fingerprint density at radius 3 is 2.38 bits per heavy atom. The van der Waals surface area contributed by atoms with E-state index in [1.807, 2.05) is 36.4 Å². The zero-order valence-electron chi connectivity index (χ0n) is 12.6. The van der Waals surface area contributed by atoms with Crippen LogP contribution in [0.4, 0.5) is 0 Å². The van der Waals surface area contributed by atoms with Gasteiger partial charge in [-0.15, -0.1) is 0 Å². The van der Waals surface area contributed by atoms with E-state index in [9.17, 15) is 9.90 Å². The lowest BCUT2D eigenvalue weighted by Crippen LogP contribution is -2.10. The van der Waals surface area contributed by atoms with E-state index in [0.717, 1.165) is 5.56 Å². The molecule has 0 fully saturated rings. The van der Waals surface area contributed by atoms with Crippen molar-refractivity contribution >= 4 is 18.1 Å². The van der Waals surface area contributed by atoms with Crippen LogP contribution in [0.1, 0.15) is 47.8 Å². The lowest BCUT2D eigenvalue weighted by atomic mass is 9.86. The van der Waals surface area contributed by atoms with Crippen LogP contribution in [0.5, 0.6) is 0 Å². The van der Waals surface area contributed by atoms with Crippen molar-refractivity contribution < 1.29 is 9.90 Å².